The van der Waals surface area contributed by atoms with Gasteiger partial charge in [0.1, 0.15) is 6.04 Å². The third-order valence-electron chi connectivity index (χ3n) is 9.02. The van der Waals surface area contributed by atoms with Crippen molar-refractivity contribution in [2.45, 2.75) is 76.2 Å². The molecule has 4 saturated carbocycles. The van der Waals surface area contributed by atoms with E-state index in [1.807, 2.05) is 6.07 Å². The number of benzene rings is 1. The Hall–Kier alpha value is -2.17. The van der Waals surface area contributed by atoms with Crippen LogP contribution >= 0.6 is 0 Å². The Balaban J connectivity index is 1.40. The van der Waals surface area contributed by atoms with Crippen LogP contribution in [0.3, 0.4) is 0 Å². The van der Waals surface area contributed by atoms with Crippen molar-refractivity contribution in [1.29, 1.82) is 0 Å². The number of rotatable bonds is 1. The van der Waals surface area contributed by atoms with E-state index in [-0.39, 0.29) is 23.0 Å². The van der Waals surface area contributed by atoms with Crippen molar-refractivity contribution in [3.8, 4) is 0 Å². The van der Waals surface area contributed by atoms with E-state index in [4.69, 9.17) is 0 Å². The third kappa shape index (κ3) is 2.99. The van der Waals surface area contributed by atoms with Crippen molar-refractivity contribution < 1.29 is 14.4 Å². The highest BCUT2D eigenvalue weighted by molar-refractivity contribution is 6.08. The molecule has 0 aromatic heterocycles. The lowest BCUT2D eigenvalue weighted by atomic mass is 9.48. The van der Waals surface area contributed by atoms with E-state index >= 15 is 0 Å². The summed E-state index contributed by atoms with van der Waals surface area (Å²) in [6.07, 6.45) is 9.67. The third-order valence-corrected chi connectivity index (χ3v) is 9.02. The largest absolute Gasteiger partial charge is 0.329 e. The van der Waals surface area contributed by atoms with Gasteiger partial charge in [0.2, 0.25) is 11.8 Å². The normalized spacial score (nSPS) is 36.7. The first-order chi connectivity index (χ1) is 14.9. The lowest BCUT2D eigenvalue weighted by molar-refractivity contribution is -0.140. The molecule has 164 valence electrons. The molecule has 5 heteroatoms. The second-order valence-electron chi connectivity index (χ2n) is 11.0. The number of carbonyl (C=O) groups excluding carboxylic acids is 3. The Bertz CT molecular complexity index is 932. The number of nitrogens with zero attached hydrogens (tertiary/aromatic N) is 2. The molecule has 1 aromatic rings. The van der Waals surface area contributed by atoms with Gasteiger partial charge in [-0.2, -0.15) is 0 Å². The van der Waals surface area contributed by atoms with E-state index in [1.165, 1.54) is 51.0 Å². The topological polar surface area (TPSA) is 57.7 Å². The first-order valence-electron chi connectivity index (χ1n) is 12.2. The molecule has 1 aromatic carbocycles. The van der Waals surface area contributed by atoms with E-state index in [0.29, 0.717) is 32.4 Å². The lowest BCUT2D eigenvalue weighted by Gasteiger charge is -2.57. The maximum absolute atomic E-state index is 13.3. The van der Waals surface area contributed by atoms with Crippen molar-refractivity contribution in [2.24, 2.45) is 17.8 Å². The van der Waals surface area contributed by atoms with Gasteiger partial charge in [0.15, 0.2) is 5.78 Å². The highest BCUT2D eigenvalue weighted by Crippen LogP contribution is 2.61. The number of Topliss-reactive ketones (excluding diaryl/α,β-unsaturated/α-hetero) is 1. The Kier molecular flexibility index (Phi) is 4.35. The maximum Gasteiger partial charge on any atom is 0.249 e. The van der Waals surface area contributed by atoms with Gasteiger partial charge in [-0.1, -0.05) is 6.07 Å². The average Bonchev–Trinajstić information content (AvgIpc) is 2.75. The van der Waals surface area contributed by atoms with Crippen LogP contribution in [0.25, 0.3) is 0 Å². The molecular weight excluding hydrogens is 388 g/mol. The smallest absolute Gasteiger partial charge is 0.249 e. The van der Waals surface area contributed by atoms with Crippen LogP contribution in [0, 0.1) is 17.8 Å². The van der Waals surface area contributed by atoms with E-state index < -0.39 is 6.04 Å². The molecule has 7 rings (SSSR count). The predicted octanol–water partition coefficient (Wildman–Crippen LogP) is 4.08. The standard InChI is InChI=1S/C26H32N2O3/c1-16(29)27-7-8-28-22-6-5-20(12-21(22)24(30)4-2-3-23(27)25(28)31)26-13-17-9-18(14-26)11-19(10-17)15-26/h5-6,12,17-19,23H,2-4,7-11,13-15H2,1H3. The van der Waals surface area contributed by atoms with E-state index in [0.717, 1.165) is 29.0 Å². The quantitative estimate of drug-likeness (QED) is 0.688. The molecular formula is C26H32N2O3. The van der Waals surface area contributed by atoms with Crippen molar-refractivity contribution in [3.63, 3.8) is 0 Å². The molecule has 2 heterocycles. The first kappa shape index (κ1) is 19.5. The van der Waals surface area contributed by atoms with Crippen LogP contribution in [-0.2, 0) is 15.0 Å². The molecule has 0 radical (unpaired) electrons. The average molecular weight is 421 g/mol. The van der Waals surface area contributed by atoms with Gasteiger partial charge in [0, 0.05) is 32.0 Å². The molecule has 2 aliphatic heterocycles. The SMILES string of the molecule is CC(=O)N1CCN2C(=O)C1CCCC(=O)c1cc(C34CC5CC(CC(C5)C3)C4)ccc12. The van der Waals surface area contributed by atoms with Gasteiger partial charge in [-0.05, 0) is 92.2 Å². The number of amides is 2. The minimum Gasteiger partial charge on any atom is -0.329 e. The van der Waals surface area contributed by atoms with Crippen LogP contribution in [0.5, 0.6) is 0 Å². The zero-order valence-corrected chi connectivity index (χ0v) is 18.4. The highest BCUT2D eigenvalue weighted by atomic mass is 16.2. The van der Waals surface area contributed by atoms with Crippen molar-refractivity contribution in [3.05, 3.63) is 29.3 Å². The number of fused-ring (bicyclic) bond motifs is 4. The summed E-state index contributed by atoms with van der Waals surface area (Å²) >= 11 is 0. The second-order valence-corrected chi connectivity index (χ2v) is 11.0. The van der Waals surface area contributed by atoms with Crippen molar-refractivity contribution >= 4 is 23.3 Å². The fraction of sp³-hybridized carbons (Fsp3) is 0.654. The monoisotopic (exact) mass is 420 g/mol. The number of ketones is 1. The minimum atomic E-state index is -0.437. The molecule has 2 amide bonds. The zero-order valence-electron chi connectivity index (χ0n) is 18.4. The van der Waals surface area contributed by atoms with Gasteiger partial charge in [0.25, 0.3) is 0 Å². The summed E-state index contributed by atoms with van der Waals surface area (Å²) in [4.78, 5) is 42.2. The molecule has 6 bridgehead atoms. The summed E-state index contributed by atoms with van der Waals surface area (Å²) in [6, 6.07) is 5.99. The lowest BCUT2D eigenvalue weighted by Crippen LogP contribution is -2.58. The van der Waals surface area contributed by atoms with E-state index in [1.54, 1.807) is 9.80 Å². The number of anilines is 1. The first-order valence-corrected chi connectivity index (χ1v) is 12.2. The Labute approximate surface area is 184 Å². The number of piperazine rings is 1. The summed E-state index contributed by atoms with van der Waals surface area (Å²) in [5.74, 6) is 2.63. The van der Waals surface area contributed by atoms with E-state index in [2.05, 4.69) is 12.1 Å². The van der Waals surface area contributed by atoms with Crippen LogP contribution in [0.15, 0.2) is 18.2 Å². The highest BCUT2D eigenvalue weighted by Gasteiger charge is 2.52. The summed E-state index contributed by atoms with van der Waals surface area (Å²) in [7, 11) is 0. The van der Waals surface area contributed by atoms with Gasteiger partial charge >= 0.3 is 0 Å². The molecule has 5 fully saturated rings. The molecule has 4 aliphatic carbocycles. The molecule has 1 atom stereocenters. The molecule has 1 unspecified atom stereocenters. The molecule has 5 nitrogen and oxygen atoms in total. The molecule has 1 saturated heterocycles. The zero-order chi connectivity index (χ0) is 21.3. The maximum atomic E-state index is 13.3. The van der Waals surface area contributed by atoms with Gasteiger partial charge in [0.05, 0.1) is 5.69 Å². The molecule has 0 N–H and O–H groups in total. The fourth-order valence-corrected chi connectivity index (χ4v) is 8.06. The summed E-state index contributed by atoms with van der Waals surface area (Å²) in [5.41, 5.74) is 3.07. The summed E-state index contributed by atoms with van der Waals surface area (Å²) in [6.45, 7) is 2.54. The van der Waals surface area contributed by atoms with Gasteiger partial charge < -0.3 is 9.80 Å². The van der Waals surface area contributed by atoms with Crippen LogP contribution < -0.4 is 4.90 Å². The van der Waals surface area contributed by atoms with Crippen molar-refractivity contribution in [2.75, 3.05) is 18.0 Å². The Morgan fingerprint density at radius 3 is 2.32 bits per heavy atom. The Morgan fingerprint density at radius 1 is 1.00 bits per heavy atom. The summed E-state index contributed by atoms with van der Waals surface area (Å²) in [5, 5.41) is 0. The minimum absolute atomic E-state index is 0.0278. The number of carbonyl (C=O) groups is 3. The fourth-order valence-electron chi connectivity index (χ4n) is 8.06. The van der Waals surface area contributed by atoms with Crippen molar-refractivity contribution in [1.82, 2.24) is 4.90 Å². The molecule has 6 aliphatic rings. The number of hydrogen-bond acceptors (Lipinski definition) is 3. The predicted molar refractivity (Wildman–Crippen MR) is 118 cm³/mol. The van der Waals surface area contributed by atoms with Gasteiger partial charge in [-0.25, -0.2) is 0 Å². The summed E-state index contributed by atoms with van der Waals surface area (Å²) < 4.78 is 0. The van der Waals surface area contributed by atoms with Gasteiger partial charge in [-0.15, -0.1) is 0 Å². The molecule has 0 spiro atoms. The van der Waals surface area contributed by atoms with Crippen LogP contribution in [0.2, 0.25) is 0 Å². The van der Waals surface area contributed by atoms with Crippen LogP contribution in [0.4, 0.5) is 5.69 Å². The number of hydrogen-bond donors (Lipinski definition) is 0. The Morgan fingerprint density at radius 2 is 1.68 bits per heavy atom. The van der Waals surface area contributed by atoms with Crippen LogP contribution in [-0.4, -0.2) is 41.6 Å². The van der Waals surface area contributed by atoms with E-state index in [9.17, 15) is 14.4 Å². The second kappa shape index (κ2) is 6.91. The van der Waals surface area contributed by atoms with Crippen LogP contribution in [0.1, 0.15) is 80.6 Å². The molecule has 31 heavy (non-hydrogen) atoms. The van der Waals surface area contributed by atoms with Gasteiger partial charge in [-0.3, -0.25) is 14.4 Å².